The maximum atomic E-state index is 5.27. The van der Waals surface area contributed by atoms with Crippen LogP contribution in [0.5, 0.6) is 0 Å². The number of benzene rings is 9. The maximum absolute atomic E-state index is 5.27. The molecule has 5 aromatic heterocycles. The number of imidazole rings is 2. The van der Waals surface area contributed by atoms with Gasteiger partial charge in [-0.3, -0.25) is 13.5 Å². The molecule has 9 aromatic carbocycles. The highest BCUT2D eigenvalue weighted by Crippen LogP contribution is 2.42. The largest absolute Gasteiger partial charge is 0.309 e. The predicted octanol–water partition coefficient (Wildman–Crippen LogP) is 14.2. The van der Waals surface area contributed by atoms with Gasteiger partial charge >= 0.3 is 0 Å². The van der Waals surface area contributed by atoms with Crippen molar-refractivity contribution in [3.8, 4) is 33.9 Å². The Kier molecular flexibility index (Phi) is 7.02. The van der Waals surface area contributed by atoms with Gasteiger partial charge in [0.2, 0.25) is 5.78 Å². The van der Waals surface area contributed by atoms with Gasteiger partial charge in [-0.15, -0.1) is 0 Å². The maximum Gasteiger partial charge on any atom is 0.221 e. The number of hydrogen-bond donors (Lipinski definition) is 0. The number of para-hydroxylation sites is 7. The van der Waals surface area contributed by atoms with Crippen LogP contribution in [0.25, 0.3) is 116 Å². The number of fused-ring (bicyclic) bond motifs is 13. The first-order valence-corrected chi connectivity index (χ1v) is 21.5. The van der Waals surface area contributed by atoms with Gasteiger partial charge in [-0.2, -0.15) is 0 Å². The highest BCUT2D eigenvalue weighted by Gasteiger charge is 2.26. The van der Waals surface area contributed by atoms with E-state index in [9.17, 15) is 0 Å². The molecule has 0 unspecified atom stereocenters. The van der Waals surface area contributed by atoms with E-state index in [4.69, 9.17) is 4.98 Å². The van der Waals surface area contributed by atoms with Gasteiger partial charge in [0, 0.05) is 49.7 Å². The van der Waals surface area contributed by atoms with E-state index in [1.807, 2.05) is 0 Å². The number of hydrogen-bond acceptors (Lipinski definition) is 1. The molecule has 14 rings (SSSR count). The molecule has 0 amide bonds. The van der Waals surface area contributed by atoms with Crippen LogP contribution in [0.1, 0.15) is 0 Å². The van der Waals surface area contributed by atoms with Crippen molar-refractivity contribution in [2.45, 2.75) is 0 Å². The Bertz CT molecular complexity index is 4120. The van der Waals surface area contributed by atoms with Crippen LogP contribution in [0.4, 0.5) is 0 Å². The topological polar surface area (TPSA) is 37.0 Å². The highest BCUT2D eigenvalue weighted by molar-refractivity contribution is 6.14. The molecule has 0 fully saturated rings. The van der Waals surface area contributed by atoms with Crippen molar-refractivity contribution in [3.05, 3.63) is 218 Å². The van der Waals surface area contributed by atoms with Crippen molar-refractivity contribution in [2.24, 2.45) is 0 Å². The molecule has 0 aliphatic rings. The molecule has 6 nitrogen and oxygen atoms in total. The molecular formula is C57H36N6. The van der Waals surface area contributed by atoms with Crippen molar-refractivity contribution < 1.29 is 0 Å². The first-order valence-electron chi connectivity index (χ1n) is 21.5. The van der Waals surface area contributed by atoms with Gasteiger partial charge in [0.15, 0.2) is 5.65 Å². The molecule has 0 aliphatic carbocycles. The summed E-state index contributed by atoms with van der Waals surface area (Å²) in [5, 5.41) is 6.05. The Hall–Kier alpha value is -8.61. The molecule has 0 saturated heterocycles. The molecule has 294 valence electrons. The van der Waals surface area contributed by atoms with E-state index >= 15 is 0 Å². The molecule has 0 radical (unpaired) electrons. The fourth-order valence-electron chi connectivity index (χ4n) is 10.4. The summed E-state index contributed by atoms with van der Waals surface area (Å²) in [4.78, 5) is 5.27. The number of rotatable bonds is 5. The molecule has 5 heterocycles. The van der Waals surface area contributed by atoms with Crippen LogP contribution in [0, 0.1) is 0 Å². The van der Waals surface area contributed by atoms with Gasteiger partial charge in [0.25, 0.3) is 0 Å². The molecule has 0 spiro atoms. The van der Waals surface area contributed by atoms with E-state index in [-0.39, 0.29) is 0 Å². The lowest BCUT2D eigenvalue weighted by Gasteiger charge is -2.10. The van der Waals surface area contributed by atoms with Gasteiger partial charge in [-0.05, 0) is 114 Å². The third-order valence-electron chi connectivity index (χ3n) is 13.1. The Balaban J connectivity index is 1.04. The predicted molar refractivity (Wildman–Crippen MR) is 260 cm³/mol. The minimum atomic E-state index is 0.891. The highest BCUT2D eigenvalue weighted by atomic mass is 15.3. The quantitative estimate of drug-likeness (QED) is 0.171. The summed E-state index contributed by atoms with van der Waals surface area (Å²) in [6.07, 6.45) is 0. The lowest BCUT2D eigenvalue weighted by molar-refractivity contribution is 1.09. The van der Waals surface area contributed by atoms with Crippen LogP contribution in [0.3, 0.4) is 0 Å². The van der Waals surface area contributed by atoms with E-state index in [0.29, 0.717) is 0 Å². The Morgan fingerprint density at radius 2 is 0.730 bits per heavy atom. The molecule has 0 N–H and O–H groups in total. The number of aromatic nitrogens is 6. The zero-order chi connectivity index (χ0) is 41.2. The average Bonchev–Trinajstić information content (AvgIpc) is 4.14. The van der Waals surface area contributed by atoms with Gasteiger partial charge in [0.05, 0.1) is 38.6 Å². The summed E-state index contributed by atoms with van der Waals surface area (Å²) >= 11 is 0. The van der Waals surface area contributed by atoms with Crippen molar-refractivity contribution in [1.29, 1.82) is 0 Å². The molecule has 0 atom stereocenters. The summed E-state index contributed by atoms with van der Waals surface area (Å²) in [6, 6.07) is 78.9. The average molecular weight is 805 g/mol. The zero-order valence-corrected chi connectivity index (χ0v) is 34.0. The second-order valence-corrected chi connectivity index (χ2v) is 16.5. The van der Waals surface area contributed by atoms with Gasteiger partial charge in [-0.1, -0.05) is 115 Å². The van der Waals surface area contributed by atoms with Gasteiger partial charge in [-0.25, -0.2) is 4.98 Å². The molecule has 6 heteroatoms. The van der Waals surface area contributed by atoms with Crippen LogP contribution < -0.4 is 0 Å². The SMILES string of the molecule is c1ccc(-n2c3ccccc3c3cc(-c4ccc5c(c4)c4cc(-n6c7ccccc7c7c6n6c8ccccc8nc6n7-c6ccccc6)ccc4n5-c4ccccc4)ccc32)cc1. The first kappa shape index (κ1) is 34.1. The van der Waals surface area contributed by atoms with Crippen molar-refractivity contribution >= 4 is 82.5 Å². The molecule has 0 saturated carbocycles. The summed E-state index contributed by atoms with van der Waals surface area (Å²) in [6.45, 7) is 0. The van der Waals surface area contributed by atoms with E-state index in [2.05, 4.69) is 241 Å². The molecular weight excluding hydrogens is 769 g/mol. The van der Waals surface area contributed by atoms with Crippen molar-refractivity contribution in [3.63, 3.8) is 0 Å². The lowest BCUT2D eigenvalue weighted by atomic mass is 10.0. The van der Waals surface area contributed by atoms with Crippen LogP contribution in [0.2, 0.25) is 0 Å². The van der Waals surface area contributed by atoms with E-state index in [1.165, 1.54) is 54.6 Å². The minimum Gasteiger partial charge on any atom is -0.309 e. The third-order valence-corrected chi connectivity index (χ3v) is 13.1. The molecule has 63 heavy (non-hydrogen) atoms. The van der Waals surface area contributed by atoms with Gasteiger partial charge < -0.3 is 9.13 Å². The van der Waals surface area contributed by atoms with E-state index in [1.54, 1.807) is 0 Å². The van der Waals surface area contributed by atoms with E-state index < -0.39 is 0 Å². The first-order chi connectivity index (χ1) is 31.3. The molecule has 0 aliphatic heterocycles. The van der Waals surface area contributed by atoms with Gasteiger partial charge in [0.1, 0.15) is 5.52 Å². The summed E-state index contributed by atoms with van der Waals surface area (Å²) in [5.74, 6) is 0.891. The van der Waals surface area contributed by atoms with Crippen molar-refractivity contribution in [2.75, 3.05) is 0 Å². The standard InChI is InChI=1S/C57H36N6/c1-4-16-39(17-5-1)59-49-25-13-10-22-43(49)45-34-37(28-31-51(45)59)38-29-32-52-46(35-38)47-36-42(30-33-53(47)60(52)40-18-6-2-7-19-40)61-50-26-14-11-23-44(50)55-56(61)63-54-27-15-12-24-48(54)58-57(63)62(55)41-20-8-3-9-21-41/h1-36H. The Morgan fingerprint density at radius 3 is 1.35 bits per heavy atom. The second kappa shape index (κ2) is 12.9. The molecule has 14 aromatic rings. The van der Waals surface area contributed by atoms with Crippen LogP contribution in [0.15, 0.2) is 218 Å². The Labute approximate surface area is 361 Å². The van der Waals surface area contributed by atoms with Crippen molar-refractivity contribution in [1.82, 2.24) is 27.7 Å². The fraction of sp³-hybridized carbons (Fsp3) is 0. The number of nitrogens with zero attached hydrogens (tertiary/aromatic N) is 6. The molecule has 0 bridgehead atoms. The summed E-state index contributed by atoms with van der Waals surface area (Å²) in [7, 11) is 0. The van der Waals surface area contributed by atoms with Crippen LogP contribution in [-0.2, 0) is 0 Å². The second-order valence-electron chi connectivity index (χ2n) is 16.5. The van der Waals surface area contributed by atoms with Crippen LogP contribution >= 0.6 is 0 Å². The summed E-state index contributed by atoms with van der Waals surface area (Å²) < 4.78 is 11.9. The third kappa shape index (κ3) is 4.80. The Morgan fingerprint density at radius 1 is 0.286 bits per heavy atom. The summed E-state index contributed by atoms with van der Waals surface area (Å²) in [5.41, 5.74) is 16.9. The smallest absolute Gasteiger partial charge is 0.221 e. The van der Waals surface area contributed by atoms with E-state index in [0.717, 1.165) is 61.8 Å². The minimum absolute atomic E-state index is 0.891. The fourth-order valence-corrected chi connectivity index (χ4v) is 10.4. The lowest BCUT2D eigenvalue weighted by Crippen LogP contribution is -1.98. The monoisotopic (exact) mass is 804 g/mol. The normalized spacial score (nSPS) is 12.1. The van der Waals surface area contributed by atoms with Crippen LogP contribution in [-0.4, -0.2) is 27.7 Å². The zero-order valence-electron chi connectivity index (χ0n) is 34.0.